The minimum absolute atomic E-state index is 0.0924. The highest BCUT2D eigenvalue weighted by Crippen LogP contribution is 2.39. The largest absolute Gasteiger partial charge is 0.492 e. The van der Waals surface area contributed by atoms with Gasteiger partial charge < -0.3 is 19.9 Å². The van der Waals surface area contributed by atoms with Crippen molar-refractivity contribution in [3.05, 3.63) is 60.4 Å². The molecule has 0 saturated carbocycles. The predicted octanol–water partition coefficient (Wildman–Crippen LogP) is 4.17. The van der Waals surface area contributed by atoms with E-state index in [0.717, 1.165) is 41.9 Å². The second-order valence-electron chi connectivity index (χ2n) is 8.01. The third-order valence-electron chi connectivity index (χ3n) is 5.37. The van der Waals surface area contributed by atoms with E-state index in [1.807, 2.05) is 56.3 Å². The van der Waals surface area contributed by atoms with Gasteiger partial charge in [0.25, 0.3) is 0 Å². The van der Waals surface area contributed by atoms with Gasteiger partial charge in [0.2, 0.25) is 5.91 Å². The zero-order valence-corrected chi connectivity index (χ0v) is 18.8. The number of ether oxygens (including phenoxy) is 1. The lowest BCUT2D eigenvalue weighted by molar-refractivity contribution is -0.115. The molecule has 0 fully saturated rings. The zero-order chi connectivity index (χ0) is 22.5. The Balaban J connectivity index is 1.67. The van der Waals surface area contributed by atoms with Crippen LogP contribution in [-0.4, -0.2) is 54.6 Å². The summed E-state index contributed by atoms with van der Waals surface area (Å²) in [5, 5.41) is 3.89. The molecule has 0 radical (unpaired) electrons. The van der Waals surface area contributed by atoms with Crippen molar-refractivity contribution in [2.45, 2.75) is 19.8 Å². The first-order chi connectivity index (χ1) is 15.6. The average Bonchev–Trinajstić information content (AvgIpc) is 3.21. The summed E-state index contributed by atoms with van der Waals surface area (Å²) in [6, 6.07) is 12.2. The summed E-state index contributed by atoms with van der Waals surface area (Å²) in [6.07, 6.45) is 6.73. The predicted molar refractivity (Wildman–Crippen MR) is 129 cm³/mol. The lowest BCUT2D eigenvalue weighted by Gasteiger charge is -2.21. The molecule has 4 rings (SSSR count). The number of carbonyl (C=O) groups is 1. The minimum atomic E-state index is -0.0924. The molecule has 0 unspecified atom stereocenters. The second-order valence-corrected chi connectivity index (χ2v) is 8.01. The molecule has 1 aliphatic heterocycles. The number of aromatic nitrogens is 2. The summed E-state index contributed by atoms with van der Waals surface area (Å²) in [7, 11) is 3.98. The van der Waals surface area contributed by atoms with E-state index in [9.17, 15) is 4.79 Å². The molecule has 1 amide bonds. The molecular formula is C25H29N5O2. The van der Waals surface area contributed by atoms with Crippen LogP contribution in [-0.2, 0) is 11.2 Å². The van der Waals surface area contributed by atoms with Gasteiger partial charge in [0, 0.05) is 36.7 Å². The lowest BCUT2D eigenvalue weighted by Crippen LogP contribution is -2.16. The maximum atomic E-state index is 12.6. The number of para-hydroxylation sites is 1. The first-order valence-electron chi connectivity index (χ1n) is 10.9. The molecule has 1 N–H and O–H groups in total. The molecule has 32 heavy (non-hydrogen) atoms. The van der Waals surface area contributed by atoms with Crippen LogP contribution in [0, 0.1) is 0 Å². The van der Waals surface area contributed by atoms with Gasteiger partial charge in [-0.15, -0.1) is 0 Å². The van der Waals surface area contributed by atoms with E-state index in [1.54, 1.807) is 6.33 Å². The first kappa shape index (κ1) is 21.8. The minimum Gasteiger partial charge on any atom is -0.492 e. The Hall–Kier alpha value is -3.45. The maximum absolute atomic E-state index is 12.6. The van der Waals surface area contributed by atoms with Crippen molar-refractivity contribution in [3.8, 4) is 5.75 Å². The van der Waals surface area contributed by atoms with Crippen molar-refractivity contribution in [2.75, 3.05) is 44.0 Å². The zero-order valence-electron chi connectivity index (χ0n) is 18.8. The SMILES string of the molecule is CCOc1cc2ncnc(N3CCc4ccccc43)c2cc1NC(=O)CC=CCN(C)C. The van der Waals surface area contributed by atoms with Crippen LogP contribution in [0.4, 0.5) is 17.2 Å². The van der Waals surface area contributed by atoms with Gasteiger partial charge in [-0.05, 0) is 45.1 Å². The Morgan fingerprint density at radius 1 is 1.22 bits per heavy atom. The van der Waals surface area contributed by atoms with E-state index in [2.05, 4.69) is 38.4 Å². The van der Waals surface area contributed by atoms with Gasteiger partial charge in [0.05, 0.1) is 17.8 Å². The fourth-order valence-corrected chi connectivity index (χ4v) is 3.89. The van der Waals surface area contributed by atoms with E-state index in [1.165, 1.54) is 5.56 Å². The van der Waals surface area contributed by atoms with Gasteiger partial charge in [-0.3, -0.25) is 4.79 Å². The lowest BCUT2D eigenvalue weighted by atomic mass is 10.1. The van der Waals surface area contributed by atoms with Gasteiger partial charge >= 0.3 is 0 Å². The molecule has 3 aromatic rings. The number of hydrogen-bond donors (Lipinski definition) is 1. The van der Waals surface area contributed by atoms with Gasteiger partial charge in [-0.25, -0.2) is 9.97 Å². The van der Waals surface area contributed by atoms with E-state index >= 15 is 0 Å². The molecule has 7 nitrogen and oxygen atoms in total. The Bertz CT molecular complexity index is 1140. The summed E-state index contributed by atoms with van der Waals surface area (Å²) < 4.78 is 5.81. The second kappa shape index (κ2) is 9.78. The number of carbonyl (C=O) groups excluding carboxylic acids is 1. The first-order valence-corrected chi connectivity index (χ1v) is 10.9. The highest BCUT2D eigenvalue weighted by Gasteiger charge is 2.23. The fourth-order valence-electron chi connectivity index (χ4n) is 3.89. The third kappa shape index (κ3) is 4.73. The Morgan fingerprint density at radius 3 is 2.88 bits per heavy atom. The maximum Gasteiger partial charge on any atom is 0.228 e. The number of nitrogens with one attached hydrogen (secondary N) is 1. The van der Waals surface area contributed by atoms with Crippen LogP contribution in [0.15, 0.2) is 54.9 Å². The van der Waals surface area contributed by atoms with E-state index in [0.29, 0.717) is 24.5 Å². The van der Waals surface area contributed by atoms with Crippen molar-refractivity contribution in [3.63, 3.8) is 0 Å². The molecule has 0 spiro atoms. The highest BCUT2D eigenvalue weighted by molar-refractivity contribution is 6.00. The van der Waals surface area contributed by atoms with Crippen LogP contribution in [0.5, 0.6) is 5.75 Å². The van der Waals surface area contributed by atoms with Gasteiger partial charge in [0.15, 0.2) is 0 Å². The van der Waals surface area contributed by atoms with Crippen molar-refractivity contribution in [2.24, 2.45) is 0 Å². The van der Waals surface area contributed by atoms with Crippen molar-refractivity contribution >= 4 is 34.0 Å². The molecule has 0 saturated heterocycles. The fraction of sp³-hybridized carbons (Fsp3) is 0.320. The molecule has 0 bridgehead atoms. The topological polar surface area (TPSA) is 70.6 Å². The van der Waals surface area contributed by atoms with Crippen molar-refractivity contribution in [1.29, 1.82) is 0 Å². The Labute approximate surface area is 188 Å². The van der Waals surface area contributed by atoms with Crippen LogP contribution < -0.4 is 15.0 Å². The summed E-state index contributed by atoms with van der Waals surface area (Å²) in [6.45, 7) is 4.07. The van der Waals surface area contributed by atoms with E-state index < -0.39 is 0 Å². The van der Waals surface area contributed by atoms with Gasteiger partial charge in [-0.1, -0.05) is 30.4 Å². The molecule has 2 heterocycles. The van der Waals surface area contributed by atoms with E-state index in [-0.39, 0.29) is 5.91 Å². The number of nitrogens with zero attached hydrogens (tertiary/aromatic N) is 4. The standard InChI is InChI=1S/C25H29N5O2/c1-4-32-23-16-20-19(15-21(23)28-24(31)11-7-8-13-29(2)3)25(27-17-26-20)30-14-12-18-9-5-6-10-22(18)30/h5-10,15-17H,4,11-14H2,1-3H3,(H,28,31). The molecule has 2 aromatic carbocycles. The average molecular weight is 432 g/mol. The normalized spacial score (nSPS) is 13.2. The molecule has 1 aromatic heterocycles. The molecule has 1 aliphatic rings. The van der Waals surface area contributed by atoms with E-state index in [4.69, 9.17) is 4.74 Å². The Morgan fingerprint density at radius 2 is 2.06 bits per heavy atom. The highest BCUT2D eigenvalue weighted by atomic mass is 16.5. The monoisotopic (exact) mass is 431 g/mol. The van der Waals surface area contributed by atoms with Crippen LogP contribution in [0.25, 0.3) is 10.9 Å². The Kier molecular flexibility index (Phi) is 6.66. The molecular weight excluding hydrogens is 402 g/mol. The number of benzene rings is 2. The molecule has 0 atom stereocenters. The van der Waals surface area contributed by atoms with Gasteiger partial charge in [0.1, 0.15) is 17.9 Å². The summed E-state index contributed by atoms with van der Waals surface area (Å²) >= 11 is 0. The number of hydrogen-bond acceptors (Lipinski definition) is 6. The number of amides is 1. The smallest absolute Gasteiger partial charge is 0.228 e. The van der Waals surface area contributed by atoms with Gasteiger partial charge in [-0.2, -0.15) is 0 Å². The van der Waals surface area contributed by atoms with Crippen molar-refractivity contribution in [1.82, 2.24) is 14.9 Å². The van der Waals surface area contributed by atoms with Crippen molar-refractivity contribution < 1.29 is 9.53 Å². The molecule has 166 valence electrons. The number of likely N-dealkylation sites (N-methyl/N-ethyl adjacent to an activating group) is 1. The van der Waals surface area contributed by atoms with Crippen LogP contribution in [0.1, 0.15) is 18.9 Å². The number of anilines is 3. The summed E-state index contributed by atoms with van der Waals surface area (Å²) in [5.74, 6) is 1.35. The number of rotatable bonds is 8. The molecule has 7 heteroatoms. The summed E-state index contributed by atoms with van der Waals surface area (Å²) in [4.78, 5) is 25.9. The quantitative estimate of drug-likeness (QED) is 0.540. The van der Waals surface area contributed by atoms with Crippen LogP contribution >= 0.6 is 0 Å². The van der Waals surface area contributed by atoms with Crippen LogP contribution in [0.3, 0.4) is 0 Å². The third-order valence-corrected chi connectivity index (χ3v) is 5.37. The van der Waals surface area contributed by atoms with Crippen LogP contribution in [0.2, 0.25) is 0 Å². The number of fused-ring (bicyclic) bond motifs is 2. The summed E-state index contributed by atoms with van der Waals surface area (Å²) in [5.41, 5.74) is 3.89. The molecule has 0 aliphatic carbocycles.